The van der Waals surface area contributed by atoms with Crippen LogP contribution >= 0.6 is 0 Å². The molecule has 0 radical (unpaired) electrons. The van der Waals surface area contributed by atoms with Crippen molar-refractivity contribution in [3.05, 3.63) is 69.1 Å². The Morgan fingerprint density at radius 1 is 1.20 bits per heavy atom. The van der Waals surface area contributed by atoms with Gasteiger partial charge in [0.1, 0.15) is 11.8 Å². The number of nitroso groups, excluding NO2 is 1. The fourth-order valence-electron chi connectivity index (χ4n) is 1.70. The van der Waals surface area contributed by atoms with Crippen LogP contribution in [0.3, 0.4) is 0 Å². The quantitative estimate of drug-likeness (QED) is 0.463. The first-order chi connectivity index (χ1) is 9.61. The average Bonchev–Trinajstić information content (AvgIpc) is 2.47. The second kappa shape index (κ2) is 5.92. The Kier molecular flexibility index (Phi) is 4.05. The third-order valence-corrected chi connectivity index (χ3v) is 2.79. The summed E-state index contributed by atoms with van der Waals surface area (Å²) >= 11 is 0. The summed E-state index contributed by atoms with van der Waals surface area (Å²) in [7, 11) is 0. The Balaban J connectivity index is 2.38. The largest absolute Gasteiger partial charge is 0.450 e. The number of hydrogen-bond acceptors (Lipinski definition) is 5. The first-order valence-electron chi connectivity index (χ1n) is 5.95. The molecule has 0 aliphatic heterocycles. The van der Waals surface area contributed by atoms with Crippen molar-refractivity contribution >= 4 is 5.69 Å². The minimum absolute atomic E-state index is 0.128. The Hall–Kier alpha value is -2.76. The van der Waals surface area contributed by atoms with Crippen LogP contribution in [0.4, 0.5) is 5.69 Å². The van der Waals surface area contributed by atoms with Gasteiger partial charge >= 0.3 is 5.69 Å². The summed E-state index contributed by atoms with van der Waals surface area (Å²) in [5, 5.41) is 14.0. The van der Waals surface area contributed by atoms with E-state index in [1.54, 1.807) is 37.3 Å². The van der Waals surface area contributed by atoms with Crippen LogP contribution in [0.15, 0.2) is 53.7 Å². The van der Waals surface area contributed by atoms with Gasteiger partial charge in [0.15, 0.2) is 0 Å². The van der Waals surface area contributed by atoms with Crippen molar-refractivity contribution in [2.24, 2.45) is 5.18 Å². The van der Waals surface area contributed by atoms with Crippen molar-refractivity contribution in [1.29, 1.82) is 0 Å². The molecule has 0 aromatic heterocycles. The standard InChI is InChI=1S/C14H12N2O4/c1-10(15-17)11-7-8-14(13(9-11)16(18)19)20-12-5-3-2-4-6-12/h2-10H,1H3. The topological polar surface area (TPSA) is 81.8 Å². The molecule has 0 amide bonds. The summed E-state index contributed by atoms with van der Waals surface area (Å²) in [5.74, 6) is 0.632. The number of ether oxygens (including phenoxy) is 1. The van der Waals surface area contributed by atoms with E-state index in [4.69, 9.17) is 4.74 Å². The maximum absolute atomic E-state index is 11.1. The molecule has 0 bridgehead atoms. The number of hydrogen-bond donors (Lipinski definition) is 0. The van der Waals surface area contributed by atoms with Crippen molar-refractivity contribution < 1.29 is 9.66 Å². The van der Waals surface area contributed by atoms with Gasteiger partial charge in [-0.05, 0) is 30.7 Å². The molecule has 6 heteroatoms. The lowest BCUT2D eigenvalue weighted by Crippen LogP contribution is -1.96. The van der Waals surface area contributed by atoms with Crippen molar-refractivity contribution in [1.82, 2.24) is 0 Å². The highest BCUT2D eigenvalue weighted by Crippen LogP contribution is 2.34. The van der Waals surface area contributed by atoms with Gasteiger partial charge in [-0.1, -0.05) is 29.4 Å². The van der Waals surface area contributed by atoms with Crippen molar-refractivity contribution in [2.75, 3.05) is 0 Å². The van der Waals surface area contributed by atoms with E-state index in [-0.39, 0.29) is 11.4 Å². The van der Waals surface area contributed by atoms with Crippen LogP contribution in [0.25, 0.3) is 0 Å². The second-order valence-electron chi connectivity index (χ2n) is 4.18. The SMILES string of the molecule is CC(N=O)c1ccc(Oc2ccccc2)c([N+](=O)[O-])c1. The third-order valence-electron chi connectivity index (χ3n) is 2.79. The van der Waals surface area contributed by atoms with Gasteiger partial charge in [0.25, 0.3) is 0 Å². The summed E-state index contributed by atoms with van der Waals surface area (Å²) in [5.41, 5.74) is 0.286. The fourth-order valence-corrected chi connectivity index (χ4v) is 1.70. The predicted molar refractivity (Wildman–Crippen MR) is 73.8 cm³/mol. The van der Waals surface area contributed by atoms with Crippen molar-refractivity contribution in [3.63, 3.8) is 0 Å². The van der Waals surface area contributed by atoms with Crippen LogP contribution in [-0.4, -0.2) is 4.92 Å². The maximum atomic E-state index is 11.1. The van der Waals surface area contributed by atoms with Gasteiger partial charge in [0, 0.05) is 6.07 Å². The zero-order valence-corrected chi connectivity index (χ0v) is 10.7. The van der Waals surface area contributed by atoms with E-state index in [0.717, 1.165) is 0 Å². The van der Waals surface area contributed by atoms with Crippen molar-refractivity contribution in [3.8, 4) is 11.5 Å². The number of benzene rings is 2. The van der Waals surface area contributed by atoms with Crippen LogP contribution in [0.5, 0.6) is 11.5 Å². The molecule has 102 valence electrons. The highest BCUT2D eigenvalue weighted by Gasteiger charge is 2.19. The van der Waals surface area contributed by atoms with Crippen molar-refractivity contribution in [2.45, 2.75) is 13.0 Å². The molecular weight excluding hydrogens is 260 g/mol. The molecule has 0 spiro atoms. The summed E-state index contributed by atoms with van der Waals surface area (Å²) < 4.78 is 5.49. The summed E-state index contributed by atoms with van der Waals surface area (Å²) in [4.78, 5) is 21.1. The van der Waals surface area contributed by atoms with E-state index < -0.39 is 11.0 Å². The first kappa shape index (κ1) is 13.7. The number of nitro groups is 1. The molecule has 20 heavy (non-hydrogen) atoms. The monoisotopic (exact) mass is 272 g/mol. The lowest BCUT2D eigenvalue weighted by atomic mass is 10.1. The Bertz CT molecular complexity index is 628. The second-order valence-corrected chi connectivity index (χ2v) is 4.18. The highest BCUT2D eigenvalue weighted by atomic mass is 16.6. The summed E-state index contributed by atoms with van der Waals surface area (Å²) in [6.45, 7) is 1.57. The zero-order chi connectivity index (χ0) is 14.5. The zero-order valence-electron chi connectivity index (χ0n) is 10.7. The van der Waals surface area contributed by atoms with E-state index in [1.807, 2.05) is 6.07 Å². The predicted octanol–water partition coefficient (Wildman–Crippen LogP) is 4.21. The van der Waals surface area contributed by atoms with Gasteiger partial charge in [-0.15, -0.1) is 0 Å². The fraction of sp³-hybridized carbons (Fsp3) is 0.143. The number of rotatable bonds is 5. The molecule has 2 rings (SSSR count). The smallest absolute Gasteiger partial charge is 0.311 e. The minimum atomic E-state index is -0.639. The molecule has 0 saturated carbocycles. The molecule has 0 N–H and O–H groups in total. The molecule has 0 heterocycles. The third kappa shape index (κ3) is 2.97. The first-order valence-corrected chi connectivity index (χ1v) is 5.95. The van der Waals surface area contributed by atoms with Crippen LogP contribution in [0.2, 0.25) is 0 Å². The van der Waals surface area contributed by atoms with Crippen LogP contribution in [0.1, 0.15) is 18.5 Å². The summed E-state index contributed by atoms with van der Waals surface area (Å²) in [6.07, 6.45) is 0. The van der Waals surface area contributed by atoms with E-state index in [2.05, 4.69) is 5.18 Å². The van der Waals surface area contributed by atoms with E-state index in [9.17, 15) is 15.0 Å². The molecule has 0 aliphatic carbocycles. The van der Waals surface area contributed by atoms with E-state index in [0.29, 0.717) is 11.3 Å². The van der Waals surface area contributed by atoms with Crippen LogP contribution in [-0.2, 0) is 0 Å². The molecule has 2 aromatic carbocycles. The van der Waals surface area contributed by atoms with Crippen LogP contribution < -0.4 is 4.74 Å². The molecule has 2 aromatic rings. The normalized spacial score (nSPS) is 11.7. The molecular formula is C14H12N2O4. The Labute approximate surface area is 115 Å². The van der Waals surface area contributed by atoms with Gasteiger partial charge in [-0.3, -0.25) is 10.1 Å². The highest BCUT2D eigenvalue weighted by molar-refractivity contribution is 5.51. The summed E-state index contributed by atoms with van der Waals surface area (Å²) in [6, 6.07) is 12.5. The van der Waals surface area contributed by atoms with Gasteiger partial charge in [-0.25, -0.2) is 0 Å². The van der Waals surface area contributed by atoms with Gasteiger partial charge in [0.2, 0.25) is 5.75 Å². The molecule has 0 aliphatic rings. The Morgan fingerprint density at radius 3 is 2.50 bits per heavy atom. The van der Waals surface area contributed by atoms with Gasteiger partial charge < -0.3 is 4.74 Å². The Morgan fingerprint density at radius 2 is 1.90 bits per heavy atom. The average molecular weight is 272 g/mol. The maximum Gasteiger partial charge on any atom is 0.311 e. The minimum Gasteiger partial charge on any atom is -0.450 e. The molecule has 6 nitrogen and oxygen atoms in total. The molecule has 0 fully saturated rings. The lowest BCUT2D eigenvalue weighted by molar-refractivity contribution is -0.385. The van der Waals surface area contributed by atoms with Crippen LogP contribution in [0, 0.1) is 15.0 Å². The number of nitro benzene ring substituents is 1. The van der Waals surface area contributed by atoms with Gasteiger partial charge in [0.05, 0.1) is 4.92 Å². The number of para-hydroxylation sites is 1. The molecule has 1 atom stereocenters. The van der Waals surface area contributed by atoms with E-state index >= 15 is 0 Å². The molecule has 1 unspecified atom stereocenters. The lowest BCUT2D eigenvalue weighted by Gasteiger charge is -2.08. The van der Waals surface area contributed by atoms with E-state index in [1.165, 1.54) is 12.1 Å². The number of nitrogens with zero attached hydrogens (tertiary/aromatic N) is 2. The molecule has 0 saturated heterocycles. The van der Waals surface area contributed by atoms with Gasteiger partial charge in [-0.2, -0.15) is 4.91 Å².